The van der Waals surface area contributed by atoms with Gasteiger partial charge >= 0.3 is 0 Å². The van der Waals surface area contributed by atoms with E-state index in [1.54, 1.807) is 12.1 Å². The van der Waals surface area contributed by atoms with E-state index in [2.05, 4.69) is 22.6 Å². The van der Waals surface area contributed by atoms with E-state index in [1.807, 2.05) is 0 Å². The van der Waals surface area contributed by atoms with Crippen LogP contribution in [0, 0.1) is 3.57 Å². The zero-order valence-electron chi connectivity index (χ0n) is 7.43. The summed E-state index contributed by atoms with van der Waals surface area (Å²) < 4.78 is 6.02. The first-order valence-corrected chi connectivity index (χ1v) is 4.78. The molecule has 0 heterocycles. The zero-order chi connectivity index (χ0) is 10.0. The predicted octanol–water partition coefficient (Wildman–Crippen LogP) is 2.08. The fourth-order valence-electron chi connectivity index (χ4n) is 1.14. The molecule has 1 aromatic rings. The second-order valence-corrected chi connectivity index (χ2v) is 3.87. The molecular formula is C9H10INO2. The summed E-state index contributed by atoms with van der Waals surface area (Å²) in [6.07, 6.45) is 0. The van der Waals surface area contributed by atoms with Gasteiger partial charge in [-0.3, -0.25) is 4.79 Å². The number of anilines is 1. The third-order valence-electron chi connectivity index (χ3n) is 1.67. The van der Waals surface area contributed by atoms with Crippen molar-refractivity contribution in [3.05, 3.63) is 21.3 Å². The number of methoxy groups -OCH3 is 1. The maximum atomic E-state index is 11.2. The van der Waals surface area contributed by atoms with Crippen LogP contribution in [0.5, 0.6) is 5.75 Å². The topological polar surface area (TPSA) is 52.3 Å². The fraction of sp³-hybridized carbons (Fsp3) is 0.222. The summed E-state index contributed by atoms with van der Waals surface area (Å²) in [6.45, 7) is 1.47. The summed E-state index contributed by atoms with van der Waals surface area (Å²) in [4.78, 5) is 11.2. The van der Waals surface area contributed by atoms with Gasteiger partial charge in [-0.25, -0.2) is 0 Å². The number of hydrogen-bond donors (Lipinski definition) is 1. The van der Waals surface area contributed by atoms with Crippen molar-refractivity contribution >= 4 is 34.1 Å². The summed E-state index contributed by atoms with van der Waals surface area (Å²) in [6, 6.07) is 3.54. The molecule has 0 saturated carbocycles. The van der Waals surface area contributed by atoms with E-state index in [-0.39, 0.29) is 5.78 Å². The number of rotatable bonds is 2. The van der Waals surface area contributed by atoms with Gasteiger partial charge in [0.05, 0.1) is 12.7 Å². The van der Waals surface area contributed by atoms with Crippen LogP contribution in [0.15, 0.2) is 12.1 Å². The van der Waals surface area contributed by atoms with Crippen molar-refractivity contribution in [2.75, 3.05) is 12.8 Å². The lowest BCUT2D eigenvalue weighted by molar-refractivity contribution is 0.101. The number of carbonyl (C=O) groups is 1. The van der Waals surface area contributed by atoms with Gasteiger partial charge < -0.3 is 10.5 Å². The van der Waals surface area contributed by atoms with E-state index < -0.39 is 0 Å². The summed E-state index contributed by atoms with van der Waals surface area (Å²) in [7, 11) is 1.53. The molecule has 1 aromatic carbocycles. The summed E-state index contributed by atoms with van der Waals surface area (Å²) in [5.41, 5.74) is 6.62. The molecule has 0 spiro atoms. The maximum Gasteiger partial charge on any atom is 0.165 e. The average Bonchev–Trinajstić information content (AvgIpc) is 2.01. The molecule has 70 valence electrons. The standard InChI is InChI=1S/C9H10INO2/c1-5(12)9-7(11)3-6(10)4-8(9)13-2/h3-4H,11H2,1-2H3. The smallest absolute Gasteiger partial charge is 0.165 e. The molecular weight excluding hydrogens is 281 g/mol. The van der Waals surface area contributed by atoms with Crippen molar-refractivity contribution in [3.8, 4) is 5.75 Å². The molecule has 2 N–H and O–H groups in total. The Balaban J connectivity index is 3.38. The quantitative estimate of drug-likeness (QED) is 0.515. The molecule has 0 fully saturated rings. The van der Waals surface area contributed by atoms with Gasteiger partial charge in [0, 0.05) is 9.26 Å². The number of halogens is 1. The van der Waals surface area contributed by atoms with Crippen LogP contribution in [-0.2, 0) is 0 Å². The normalized spacial score (nSPS) is 9.77. The molecule has 0 radical (unpaired) electrons. The highest BCUT2D eigenvalue weighted by molar-refractivity contribution is 14.1. The van der Waals surface area contributed by atoms with Crippen LogP contribution >= 0.6 is 22.6 Å². The summed E-state index contributed by atoms with van der Waals surface area (Å²) in [5, 5.41) is 0. The van der Waals surface area contributed by atoms with Gasteiger partial charge in [-0.1, -0.05) is 0 Å². The van der Waals surface area contributed by atoms with Crippen molar-refractivity contribution in [1.82, 2.24) is 0 Å². The molecule has 0 amide bonds. The maximum absolute atomic E-state index is 11.2. The van der Waals surface area contributed by atoms with Crippen LogP contribution in [0.4, 0.5) is 5.69 Å². The minimum atomic E-state index is -0.0780. The Labute approximate surface area is 90.4 Å². The molecule has 1 rings (SSSR count). The third kappa shape index (κ3) is 2.12. The summed E-state index contributed by atoms with van der Waals surface area (Å²) >= 11 is 2.12. The lowest BCUT2D eigenvalue weighted by atomic mass is 10.1. The van der Waals surface area contributed by atoms with Crippen molar-refractivity contribution in [2.24, 2.45) is 0 Å². The average molecular weight is 291 g/mol. The monoisotopic (exact) mass is 291 g/mol. The molecule has 0 aliphatic rings. The molecule has 0 aromatic heterocycles. The Bertz CT molecular complexity index is 350. The lowest BCUT2D eigenvalue weighted by Crippen LogP contribution is -2.03. The molecule has 0 atom stereocenters. The SMILES string of the molecule is COc1cc(I)cc(N)c1C(C)=O. The first-order chi connectivity index (χ1) is 6.06. The van der Waals surface area contributed by atoms with Crippen LogP contribution in [0.25, 0.3) is 0 Å². The zero-order valence-corrected chi connectivity index (χ0v) is 9.58. The van der Waals surface area contributed by atoms with Gasteiger partial charge in [0.25, 0.3) is 0 Å². The van der Waals surface area contributed by atoms with Gasteiger partial charge in [0.15, 0.2) is 5.78 Å². The minimum absolute atomic E-state index is 0.0780. The highest BCUT2D eigenvalue weighted by Crippen LogP contribution is 2.27. The fourth-order valence-corrected chi connectivity index (χ4v) is 1.76. The molecule has 0 unspecified atom stereocenters. The first-order valence-electron chi connectivity index (χ1n) is 3.70. The van der Waals surface area contributed by atoms with E-state index in [0.717, 1.165) is 3.57 Å². The van der Waals surface area contributed by atoms with Crippen LogP contribution in [-0.4, -0.2) is 12.9 Å². The number of ketones is 1. The van der Waals surface area contributed by atoms with Gasteiger partial charge in [-0.05, 0) is 41.6 Å². The van der Waals surface area contributed by atoms with E-state index in [1.165, 1.54) is 14.0 Å². The Morgan fingerprint density at radius 2 is 2.15 bits per heavy atom. The number of ether oxygens (including phenoxy) is 1. The number of nitrogen functional groups attached to an aromatic ring is 1. The molecule has 0 aliphatic heterocycles. The van der Waals surface area contributed by atoms with Crippen molar-refractivity contribution in [2.45, 2.75) is 6.92 Å². The van der Waals surface area contributed by atoms with Crippen molar-refractivity contribution in [1.29, 1.82) is 0 Å². The first kappa shape index (κ1) is 10.3. The molecule has 0 aliphatic carbocycles. The highest BCUT2D eigenvalue weighted by atomic mass is 127. The number of carbonyl (C=O) groups excluding carboxylic acids is 1. The Hall–Kier alpha value is -0.780. The van der Waals surface area contributed by atoms with Gasteiger partial charge in [-0.2, -0.15) is 0 Å². The lowest BCUT2D eigenvalue weighted by Gasteiger charge is -2.08. The number of Topliss-reactive ketones (excluding diaryl/α,β-unsaturated/α-hetero) is 1. The van der Waals surface area contributed by atoms with E-state index >= 15 is 0 Å². The number of nitrogens with two attached hydrogens (primary N) is 1. The second kappa shape index (κ2) is 3.95. The number of hydrogen-bond acceptors (Lipinski definition) is 3. The Morgan fingerprint density at radius 3 is 2.62 bits per heavy atom. The largest absolute Gasteiger partial charge is 0.496 e. The van der Waals surface area contributed by atoms with Crippen LogP contribution in [0.2, 0.25) is 0 Å². The van der Waals surface area contributed by atoms with Gasteiger partial charge in [0.1, 0.15) is 5.75 Å². The van der Waals surface area contributed by atoms with E-state index in [4.69, 9.17) is 10.5 Å². The van der Waals surface area contributed by atoms with Gasteiger partial charge in [-0.15, -0.1) is 0 Å². The van der Waals surface area contributed by atoms with Crippen LogP contribution in [0.3, 0.4) is 0 Å². The second-order valence-electron chi connectivity index (χ2n) is 2.63. The minimum Gasteiger partial charge on any atom is -0.496 e. The molecule has 13 heavy (non-hydrogen) atoms. The van der Waals surface area contributed by atoms with E-state index in [0.29, 0.717) is 17.0 Å². The molecule has 0 bridgehead atoms. The van der Waals surface area contributed by atoms with Crippen molar-refractivity contribution in [3.63, 3.8) is 0 Å². The van der Waals surface area contributed by atoms with Crippen LogP contribution < -0.4 is 10.5 Å². The Kier molecular flexibility index (Phi) is 3.13. The predicted molar refractivity (Wildman–Crippen MR) is 60.1 cm³/mol. The highest BCUT2D eigenvalue weighted by Gasteiger charge is 2.12. The summed E-state index contributed by atoms with van der Waals surface area (Å²) in [5.74, 6) is 0.461. The Morgan fingerprint density at radius 1 is 1.54 bits per heavy atom. The number of benzene rings is 1. The van der Waals surface area contributed by atoms with E-state index in [9.17, 15) is 4.79 Å². The van der Waals surface area contributed by atoms with Crippen LogP contribution in [0.1, 0.15) is 17.3 Å². The molecule has 0 saturated heterocycles. The van der Waals surface area contributed by atoms with Gasteiger partial charge in [0.2, 0.25) is 0 Å². The third-order valence-corrected chi connectivity index (χ3v) is 2.29. The molecule has 3 nitrogen and oxygen atoms in total. The molecule has 4 heteroatoms. The van der Waals surface area contributed by atoms with Crippen molar-refractivity contribution < 1.29 is 9.53 Å².